The van der Waals surface area contributed by atoms with E-state index in [-0.39, 0.29) is 16.5 Å². The Hall–Kier alpha value is -3.92. The number of sulfonamides is 1. The van der Waals surface area contributed by atoms with Crippen molar-refractivity contribution >= 4 is 27.6 Å². The lowest BCUT2D eigenvalue weighted by Gasteiger charge is -2.17. The van der Waals surface area contributed by atoms with Gasteiger partial charge in [-0.05, 0) is 53.3 Å². The van der Waals surface area contributed by atoms with Crippen LogP contribution in [0.3, 0.4) is 0 Å². The van der Waals surface area contributed by atoms with Gasteiger partial charge in [0.15, 0.2) is 0 Å². The van der Waals surface area contributed by atoms with Gasteiger partial charge in [-0.3, -0.25) is 19.3 Å². The van der Waals surface area contributed by atoms with E-state index in [2.05, 4.69) is 15.0 Å². The molecular formula is C26H23N3O6S. The maximum Gasteiger partial charge on any atom is 0.314 e. The Labute approximate surface area is 207 Å². The predicted molar refractivity (Wildman–Crippen MR) is 131 cm³/mol. The van der Waals surface area contributed by atoms with Crippen LogP contribution in [-0.4, -0.2) is 43.5 Å². The number of aromatic nitrogens is 1. The molecule has 0 spiro atoms. The Balaban J connectivity index is 1.35. The molecule has 0 saturated heterocycles. The molecule has 0 radical (unpaired) electrons. The summed E-state index contributed by atoms with van der Waals surface area (Å²) in [6, 6.07) is 12.2. The smallest absolute Gasteiger partial charge is 0.314 e. The number of ether oxygens (including phenoxy) is 1. The number of pyridine rings is 1. The zero-order chi connectivity index (χ0) is 25.1. The van der Waals surface area contributed by atoms with E-state index < -0.39 is 21.4 Å². The number of anilines is 1. The van der Waals surface area contributed by atoms with Crippen LogP contribution in [0.5, 0.6) is 5.75 Å². The summed E-state index contributed by atoms with van der Waals surface area (Å²) in [5, 5.41) is 12.3. The van der Waals surface area contributed by atoms with Crippen LogP contribution in [-0.2, 0) is 33.1 Å². The summed E-state index contributed by atoms with van der Waals surface area (Å²) in [5.41, 5.74) is 3.37. The van der Waals surface area contributed by atoms with Gasteiger partial charge in [0.1, 0.15) is 10.6 Å². The van der Waals surface area contributed by atoms with E-state index in [1.165, 1.54) is 12.3 Å². The molecule has 0 atom stereocenters. The summed E-state index contributed by atoms with van der Waals surface area (Å²) in [5.74, 6) is -0.789. The van der Waals surface area contributed by atoms with Gasteiger partial charge in [0.25, 0.3) is 15.9 Å². The minimum Gasteiger partial charge on any atom is -0.492 e. The van der Waals surface area contributed by atoms with Crippen LogP contribution in [0.15, 0.2) is 53.6 Å². The SMILES string of the molecule is O=C1NCCc2ncc(NS(=O)(=O)c3cc(-c4ccc(C5(C(=O)O)CC5)cc4)cc4c3OCC4)cc21. The highest BCUT2D eigenvalue weighted by molar-refractivity contribution is 7.92. The van der Waals surface area contributed by atoms with Crippen molar-refractivity contribution < 1.29 is 27.9 Å². The average Bonchev–Trinajstić information content (AvgIpc) is 3.55. The number of carbonyl (C=O) groups is 2. The van der Waals surface area contributed by atoms with E-state index in [0.717, 1.165) is 16.7 Å². The highest BCUT2D eigenvalue weighted by atomic mass is 32.2. The molecule has 0 unspecified atom stereocenters. The van der Waals surface area contributed by atoms with Crippen molar-refractivity contribution in [2.45, 2.75) is 36.0 Å². The number of amides is 1. The first-order chi connectivity index (χ1) is 17.3. The third-order valence-electron chi connectivity index (χ3n) is 7.08. The summed E-state index contributed by atoms with van der Waals surface area (Å²) in [6.07, 6.45) is 3.81. The fraction of sp³-hybridized carbons (Fsp3) is 0.269. The first kappa shape index (κ1) is 22.5. The van der Waals surface area contributed by atoms with Crippen molar-refractivity contribution in [3.63, 3.8) is 0 Å². The monoisotopic (exact) mass is 505 g/mol. The van der Waals surface area contributed by atoms with Crippen LogP contribution in [0.1, 0.15) is 40.0 Å². The van der Waals surface area contributed by atoms with Crippen molar-refractivity contribution in [1.82, 2.24) is 10.3 Å². The molecule has 6 rings (SSSR count). The number of rotatable bonds is 6. The van der Waals surface area contributed by atoms with Gasteiger partial charge in [-0.25, -0.2) is 8.42 Å². The number of nitrogens with one attached hydrogen (secondary N) is 2. The largest absolute Gasteiger partial charge is 0.492 e. The minimum absolute atomic E-state index is 0.00273. The van der Waals surface area contributed by atoms with Gasteiger partial charge in [-0.2, -0.15) is 0 Å². The number of hydrogen-bond donors (Lipinski definition) is 3. The number of hydrogen-bond acceptors (Lipinski definition) is 6. The molecule has 2 aliphatic heterocycles. The molecule has 1 fully saturated rings. The van der Waals surface area contributed by atoms with E-state index in [1.807, 2.05) is 18.2 Å². The summed E-state index contributed by atoms with van der Waals surface area (Å²) >= 11 is 0. The molecule has 184 valence electrons. The lowest BCUT2D eigenvalue weighted by atomic mass is 9.93. The number of aliphatic carboxylic acids is 1. The second kappa shape index (κ2) is 8.06. The second-order valence-electron chi connectivity index (χ2n) is 9.36. The van der Waals surface area contributed by atoms with Gasteiger partial charge in [0.05, 0.1) is 35.2 Å². The van der Waals surface area contributed by atoms with Crippen molar-refractivity contribution in [3.8, 4) is 16.9 Å². The highest BCUT2D eigenvalue weighted by Crippen LogP contribution is 2.49. The molecule has 1 amide bonds. The molecule has 3 aromatic rings. The zero-order valence-corrected chi connectivity index (χ0v) is 20.0. The molecule has 1 saturated carbocycles. The molecule has 9 nitrogen and oxygen atoms in total. The number of carboxylic acids is 1. The molecular weight excluding hydrogens is 482 g/mol. The molecule has 10 heteroatoms. The highest BCUT2D eigenvalue weighted by Gasteiger charge is 2.51. The minimum atomic E-state index is -4.07. The Morgan fingerprint density at radius 2 is 1.86 bits per heavy atom. The number of nitrogens with zero attached hydrogens (tertiary/aromatic N) is 1. The maximum absolute atomic E-state index is 13.5. The predicted octanol–water partition coefficient (Wildman–Crippen LogP) is 2.89. The average molecular weight is 506 g/mol. The molecule has 0 bridgehead atoms. The lowest BCUT2D eigenvalue weighted by Crippen LogP contribution is -2.32. The number of benzene rings is 2. The zero-order valence-electron chi connectivity index (χ0n) is 19.2. The van der Waals surface area contributed by atoms with Gasteiger partial charge >= 0.3 is 5.97 Å². The summed E-state index contributed by atoms with van der Waals surface area (Å²) in [7, 11) is -4.07. The topological polar surface area (TPSA) is 135 Å². The molecule has 3 heterocycles. The normalized spacial score (nSPS) is 17.4. The lowest BCUT2D eigenvalue weighted by molar-refractivity contribution is -0.140. The van der Waals surface area contributed by atoms with Crippen LogP contribution in [0.2, 0.25) is 0 Å². The van der Waals surface area contributed by atoms with E-state index in [1.54, 1.807) is 18.2 Å². The molecule has 36 heavy (non-hydrogen) atoms. The van der Waals surface area contributed by atoms with E-state index in [0.29, 0.717) is 61.4 Å². The van der Waals surface area contributed by atoms with E-state index in [4.69, 9.17) is 4.74 Å². The molecule has 2 aromatic carbocycles. The van der Waals surface area contributed by atoms with Gasteiger partial charge in [0, 0.05) is 19.4 Å². The van der Waals surface area contributed by atoms with Crippen molar-refractivity contribution in [3.05, 3.63) is 71.0 Å². The van der Waals surface area contributed by atoms with E-state index >= 15 is 0 Å². The Morgan fingerprint density at radius 1 is 1.08 bits per heavy atom. The van der Waals surface area contributed by atoms with Crippen molar-refractivity contribution in [2.24, 2.45) is 0 Å². The van der Waals surface area contributed by atoms with Crippen LogP contribution in [0.4, 0.5) is 5.69 Å². The molecule has 1 aromatic heterocycles. The number of carboxylic acid groups (broad SMARTS) is 1. The number of fused-ring (bicyclic) bond motifs is 2. The van der Waals surface area contributed by atoms with Gasteiger partial charge in [-0.1, -0.05) is 24.3 Å². The van der Waals surface area contributed by atoms with Crippen LogP contribution in [0, 0.1) is 0 Å². The maximum atomic E-state index is 13.5. The summed E-state index contributed by atoms with van der Waals surface area (Å²) in [4.78, 5) is 28.1. The van der Waals surface area contributed by atoms with E-state index in [9.17, 15) is 23.1 Å². The van der Waals surface area contributed by atoms with Gasteiger partial charge in [-0.15, -0.1) is 0 Å². The van der Waals surface area contributed by atoms with Crippen LogP contribution < -0.4 is 14.8 Å². The van der Waals surface area contributed by atoms with Gasteiger partial charge in [0.2, 0.25) is 0 Å². The van der Waals surface area contributed by atoms with Gasteiger partial charge < -0.3 is 15.2 Å². The Kier molecular flexibility index (Phi) is 5.04. The fourth-order valence-electron chi connectivity index (χ4n) is 4.92. The van der Waals surface area contributed by atoms with Crippen molar-refractivity contribution in [2.75, 3.05) is 17.9 Å². The Bertz CT molecular complexity index is 1530. The standard InChI is InChI=1S/C26H23N3O6S/c30-24-20-13-19(14-28-21(20)5-9-27-24)29-36(33,34)22-12-17(11-16-6-10-35-23(16)22)15-1-3-18(4-2-15)26(7-8-26)25(31)32/h1-4,11-14,29H,5-10H2,(H,27,30)(H,31,32). The Morgan fingerprint density at radius 3 is 2.58 bits per heavy atom. The molecule has 1 aliphatic carbocycles. The quantitative estimate of drug-likeness (QED) is 0.469. The third kappa shape index (κ3) is 3.69. The number of carbonyl (C=O) groups excluding carboxylic acids is 1. The van der Waals surface area contributed by atoms with Crippen LogP contribution >= 0.6 is 0 Å². The molecule has 3 aliphatic rings. The first-order valence-electron chi connectivity index (χ1n) is 11.7. The summed E-state index contributed by atoms with van der Waals surface area (Å²) in [6.45, 7) is 0.875. The third-order valence-corrected chi connectivity index (χ3v) is 8.47. The second-order valence-corrected chi connectivity index (χ2v) is 11.0. The molecule has 3 N–H and O–H groups in total. The van der Waals surface area contributed by atoms with Crippen molar-refractivity contribution in [1.29, 1.82) is 0 Å². The summed E-state index contributed by atoms with van der Waals surface area (Å²) < 4.78 is 35.2. The first-order valence-corrected chi connectivity index (χ1v) is 13.2. The fourth-order valence-corrected chi connectivity index (χ4v) is 6.16. The van der Waals surface area contributed by atoms with Crippen LogP contribution in [0.25, 0.3) is 11.1 Å².